The van der Waals surface area contributed by atoms with Crippen LogP contribution < -0.4 is 10.2 Å². The van der Waals surface area contributed by atoms with Crippen molar-refractivity contribution in [2.24, 2.45) is 0 Å². The number of aryl methyl sites for hydroxylation is 1. The minimum absolute atomic E-state index is 0.0637. The average molecular weight is 379 g/mol. The lowest BCUT2D eigenvalue weighted by Crippen LogP contribution is -2.42. The summed E-state index contributed by atoms with van der Waals surface area (Å²) in [5.74, 6) is 2.46. The van der Waals surface area contributed by atoms with Crippen LogP contribution in [0, 0.1) is 6.92 Å². The first kappa shape index (κ1) is 17.8. The van der Waals surface area contributed by atoms with Crippen molar-refractivity contribution in [2.45, 2.75) is 32.7 Å². The molecule has 3 aromatic rings. The zero-order valence-electron chi connectivity index (χ0n) is 15.8. The van der Waals surface area contributed by atoms with Gasteiger partial charge in [0.2, 0.25) is 0 Å². The molecule has 0 unspecified atom stereocenters. The van der Waals surface area contributed by atoms with Gasteiger partial charge in [-0.15, -0.1) is 0 Å². The van der Waals surface area contributed by atoms with Crippen molar-refractivity contribution in [3.63, 3.8) is 0 Å². The molecule has 0 amide bonds. The molecule has 1 aromatic heterocycles. The molecule has 0 atom stereocenters. The van der Waals surface area contributed by atoms with E-state index in [1.807, 2.05) is 37.3 Å². The van der Waals surface area contributed by atoms with Gasteiger partial charge in [-0.05, 0) is 36.2 Å². The van der Waals surface area contributed by atoms with E-state index in [2.05, 4.69) is 53.3 Å². The molecule has 5 heteroatoms. The Balaban J connectivity index is 1.66. The normalized spacial score (nSPS) is 15.3. The lowest BCUT2D eigenvalue weighted by molar-refractivity contribution is 0.474. The van der Waals surface area contributed by atoms with Crippen LogP contribution in [-0.4, -0.2) is 16.5 Å². The van der Waals surface area contributed by atoms with Crippen molar-refractivity contribution in [3.8, 4) is 0 Å². The predicted molar refractivity (Wildman–Crippen MR) is 112 cm³/mol. The van der Waals surface area contributed by atoms with Gasteiger partial charge in [0.15, 0.2) is 0 Å². The third-order valence-electron chi connectivity index (χ3n) is 4.94. The number of anilines is 3. The van der Waals surface area contributed by atoms with Crippen LogP contribution in [0.3, 0.4) is 0 Å². The first-order valence-corrected chi connectivity index (χ1v) is 9.50. The summed E-state index contributed by atoms with van der Waals surface area (Å²) in [5, 5.41) is 4.04. The molecule has 0 aliphatic carbocycles. The molecule has 0 bridgehead atoms. The van der Waals surface area contributed by atoms with Crippen molar-refractivity contribution < 1.29 is 0 Å². The fraction of sp³-hybridized carbons (Fsp3) is 0.273. The summed E-state index contributed by atoms with van der Waals surface area (Å²) in [6.45, 7) is 8.27. The van der Waals surface area contributed by atoms with E-state index >= 15 is 0 Å². The Morgan fingerprint density at radius 1 is 1.04 bits per heavy atom. The SMILES string of the molecule is Cc1nc(Nc2cccc(Cl)c2)cc(N2Cc3ccccc3C(C)(C)C2)n1. The summed E-state index contributed by atoms with van der Waals surface area (Å²) in [5.41, 5.74) is 3.75. The molecule has 138 valence electrons. The largest absolute Gasteiger partial charge is 0.351 e. The topological polar surface area (TPSA) is 41.1 Å². The van der Waals surface area contributed by atoms with Crippen LogP contribution in [0.25, 0.3) is 0 Å². The molecule has 4 rings (SSSR count). The molecule has 0 spiro atoms. The maximum atomic E-state index is 6.09. The Morgan fingerprint density at radius 2 is 1.85 bits per heavy atom. The highest BCUT2D eigenvalue weighted by molar-refractivity contribution is 6.30. The summed E-state index contributed by atoms with van der Waals surface area (Å²) >= 11 is 6.09. The number of rotatable bonds is 3. The summed E-state index contributed by atoms with van der Waals surface area (Å²) in [7, 11) is 0. The standard InChI is InChI=1S/C22H23ClN4/c1-15-24-20(26-18-9-6-8-17(23)11-18)12-21(25-15)27-13-16-7-4-5-10-19(16)22(2,3)14-27/h4-12H,13-14H2,1-3H3,(H,24,25,26). The van der Waals surface area contributed by atoms with E-state index in [4.69, 9.17) is 16.6 Å². The van der Waals surface area contributed by atoms with Crippen LogP contribution in [0.4, 0.5) is 17.3 Å². The predicted octanol–water partition coefficient (Wildman–Crippen LogP) is 5.48. The van der Waals surface area contributed by atoms with Gasteiger partial charge in [-0.3, -0.25) is 0 Å². The second-order valence-electron chi connectivity index (χ2n) is 7.69. The summed E-state index contributed by atoms with van der Waals surface area (Å²) in [6.07, 6.45) is 0. The van der Waals surface area contributed by atoms with Crippen LogP contribution in [0.2, 0.25) is 5.02 Å². The number of aromatic nitrogens is 2. The molecular weight excluding hydrogens is 356 g/mol. The molecule has 0 radical (unpaired) electrons. The van der Waals surface area contributed by atoms with Crippen molar-refractivity contribution in [3.05, 3.63) is 76.6 Å². The molecule has 0 saturated carbocycles. The second-order valence-corrected chi connectivity index (χ2v) is 8.13. The molecule has 2 aromatic carbocycles. The fourth-order valence-corrected chi connectivity index (χ4v) is 3.99. The Morgan fingerprint density at radius 3 is 2.67 bits per heavy atom. The third kappa shape index (κ3) is 3.76. The number of fused-ring (bicyclic) bond motifs is 1. The third-order valence-corrected chi connectivity index (χ3v) is 5.17. The highest BCUT2D eigenvalue weighted by Gasteiger charge is 2.32. The van der Waals surface area contributed by atoms with E-state index in [1.54, 1.807) is 0 Å². The molecular formula is C22H23ClN4. The smallest absolute Gasteiger partial charge is 0.136 e. The van der Waals surface area contributed by atoms with Gasteiger partial charge in [-0.25, -0.2) is 9.97 Å². The van der Waals surface area contributed by atoms with Gasteiger partial charge in [-0.2, -0.15) is 0 Å². The van der Waals surface area contributed by atoms with Crippen LogP contribution in [0.5, 0.6) is 0 Å². The van der Waals surface area contributed by atoms with E-state index < -0.39 is 0 Å². The molecule has 1 aliphatic heterocycles. The number of nitrogens with one attached hydrogen (secondary N) is 1. The van der Waals surface area contributed by atoms with Crippen LogP contribution >= 0.6 is 11.6 Å². The number of halogens is 1. The molecule has 0 fully saturated rings. The van der Waals surface area contributed by atoms with E-state index in [9.17, 15) is 0 Å². The molecule has 1 N–H and O–H groups in total. The Bertz CT molecular complexity index is 984. The van der Waals surface area contributed by atoms with Gasteiger partial charge < -0.3 is 10.2 Å². The first-order valence-electron chi connectivity index (χ1n) is 9.12. The zero-order valence-corrected chi connectivity index (χ0v) is 16.6. The number of nitrogens with zero attached hydrogens (tertiary/aromatic N) is 3. The lowest BCUT2D eigenvalue weighted by atomic mass is 9.78. The Kier molecular flexibility index (Phi) is 4.52. The molecule has 0 saturated heterocycles. The average Bonchev–Trinajstić information content (AvgIpc) is 2.61. The highest BCUT2D eigenvalue weighted by atomic mass is 35.5. The summed E-state index contributed by atoms with van der Waals surface area (Å²) in [4.78, 5) is 11.6. The number of benzene rings is 2. The fourth-order valence-electron chi connectivity index (χ4n) is 3.80. The zero-order chi connectivity index (χ0) is 19.0. The monoisotopic (exact) mass is 378 g/mol. The number of hydrogen-bond donors (Lipinski definition) is 1. The molecule has 1 aliphatic rings. The van der Waals surface area contributed by atoms with Crippen molar-refractivity contribution >= 4 is 28.9 Å². The summed E-state index contributed by atoms with van der Waals surface area (Å²) < 4.78 is 0. The molecule has 27 heavy (non-hydrogen) atoms. The van der Waals surface area contributed by atoms with E-state index in [1.165, 1.54) is 11.1 Å². The van der Waals surface area contributed by atoms with Gasteiger partial charge >= 0.3 is 0 Å². The van der Waals surface area contributed by atoms with Gasteiger partial charge in [0.25, 0.3) is 0 Å². The van der Waals surface area contributed by atoms with Crippen LogP contribution in [0.15, 0.2) is 54.6 Å². The van der Waals surface area contributed by atoms with Gasteiger partial charge in [0.05, 0.1) is 0 Å². The second kappa shape index (κ2) is 6.86. The maximum Gasteiger partial charge on any atom is 0.136 e. The Labute approximate surface area is 165 Å². The maximum absolute atomic E-state index is 6.09. The van der Waals surface area contributed by atoms with Gasteiger partial charge in [0.1, 0.15) is 17.5 Å². The Hall–Kier alpha value is -2.59. The van der Waals surface area contributed by atoms with E-state index in [0.717, 1.165) is 36.2 Å². The van der Waals surface area contributed by atoms with Gasteiger partial charge in [0, 0.05) is 35.3 Å². The van der Waals surface area contributed by atoms with Crippen molar-refractivity contribution in [2.75, 3.05) is 16.8 Å². The van der Waals surface area contributed by atoms with Gasteiger partial charge in [-0.1, -0.05) is 55.8 Å². The molecule has 2 heterocycles. The highest BCUT2D eigenvalue weighted by Crippen LogP contribution is 2.35. The van der Waals surface area contributed by atoms with E-state index in [-0.39, 0.29) is 5.41 Å². The van der Waals surface area contributed by atoms with Crippen molar-refractivity contribution in [1.82, 2.24) is 9.97 Å². The van der Waals surface area contributed by atoms with Crippen LogP contribution in [-0.2, 0) is 12.0 Å². The number of hydrogen-bond acceptors (Lipinski definition) is 4. The summed E-state index contributed by atoms with van der Waals surface area (Å²) in [6, 6.07) is 18.3. The minimum Gasteiger partial charge on any atom is -0.351 e. The first-order chi connectivity index (χ1) is 12.9. The molecule has 4 nitrogen and oxygen atoms in total. The lowest BCUT2D eigenvalue weighted by Gasteiger charge is -2.40. The van der Waals surface area contributed by atoms with Crippen LogP contribution in [0.1, 0.15) is 30.8 Å². The van der Waals surface area contributed by atoms with Crippen molar-refractivity contribution in [1.29, 1.82) is 0 Å². The quantitative estimate of drug-likeness (QED) is 0.655. The minimum atomic E-state index is 0.0637. The van der Waals surface area contributed by atoms with E-state index in [0.29, 0.717) is 5.02 Å².